The topological polar surface area (TPSA) is 21.3 Å². The molecule has 0 unspecified atom stereocenters. The van der Waals surface area contributed by atoms with E-state index in [1.54, 1.807) is 0 Å². The number of rotatable bonds is 3. The molecule has 0 saturated heterocycles. The van der Waals surface area contributed by atoms with E-state index in [0.29, 0.717) is 12.1 Å². The first-order chi connectivity index (χ1) is 7.99. The van der Waals surface area contributed by atoms with Crippen LogP contribution in [0.15, 0.2) is 24.3 Å². The van der Waals surface area contributed by atoms with Crippen molar-refractivity contribution in [3.05, 3.63) is 29.8 Å². The third-order valence-electron chi connectivity index (χ3n) is 3.53. The van der Waals surface area contributed by atoms with Crippen LogP contribution in [0.2, 0.25) is 0 Å². The Morgan fingerprint density at radius 3 is 2.18 bits per heavy atom. The second kappa shape index (κ2) is 4.69. The first-order valence-corrected chi connectivity index (χ1v) is 6.43. The summed E-state index contributed by atoms with van der Waals surface area (Å²) in [7, 11) is 2.01. The molecule has 0 atom stereocenters. The van der Waals surface area contributed by atoms with Gasteiger partial charge in [-0.25, -0.2) is 0 Å². The summed E-state index contributed by atoms with van der Waals surface area (Å²) >= 11 is 0. The van der Waals surface area contributed by atoms with E-state index in [-0.39, 0.29) is 5.41 Å². The second-order valence-corrected chi connectivity index (χ2v) is 5.97. The van der Waals surface area contributed by atoms with Crippen molar-refractivity contribution in [1.82, 2.24) is 5.32 Å². The van der Waals surface area contributed by atoms with E-state index in [9.17, 15) is 0 Å². The summed E-state index contributed by atoms with van der Waals surface area (Å²) in [5.74, 6) is 0.998. The summed E-state index contributed by atoms with van der Waals surface area (Å²) in [6.07, 6.45) is 2.64. The molecule has 0 aliphatic heterocycles. The molecule has 0 aromatic heterocycles. The Morgan fingerprint density at radius 1 is 1.12 bits per heavy atom. The third-order valence-corrected chi connectivity index (χ3v) is 3.53. The Kier molecular flexibility index (Phi) is 3.43. The highest BCUT2D eigenvalue weighted by molar-refractivity contribution is 5.31. The zero-order valence-corrected chi connectivity index (χ0v) is 11.3. The fourth-order valence-electron chi connectivity index (χ4n) is 2.12. The summed E-state index contributed by atoms with van der Waals surface area (Å²) in [5, 5.41) is 3.27. The summed E-state index contributed by atoms with van der Waals surface area (Å²) in [6.45, 7) is 6.69. The molecule has 1 aliphatic carbocycles. The molecule has 17 heavy (non-hydrogen) atoms. The summed E-state index contributed by atoms with van der Waals surface area (Å²) in [4.78, 5) is 0. The zero-order valence-electron chi connectivity index (χ0n) is 11.3. The van der Waals surface area contributed by atoms with Crippen LogP contribution in [0.4, 0.5) is 0 Å². The molecule has 2 heteroatoms. The molecule has 0 heterocycles. The molecule has 1 fully saturated rings. The summed E-state index contributed by atoms with van der Waals surface area (Å²) in [5.41, 5.74) is 1.57. The Balaban J connectivity index is 1.91. The van der Waals surface area contributed by atoms with Crippen molar-refractivity contribution in [2.45, 2.75) is 51.2 Å². The van der Waals surface area contributed by atoms with Gasteiger partial charge in [0.15, 0.2) is 0 Å². The lowest BCUT2D eigenvalue weighted by Gasteiger charge is -2.35. The smallest absolute Gasteiger partial charge is 0.119 e. The van der Waals surface area contributed by atoms with Crippen LogP contribution in [0.1, 0.15) is 39.2 Å². The predicted octanol–water partition coefficient (Wildman–Crippen LogP) is 3.11. The van der Waals surface area contributed by atoms with Crippen LogP contribution in [-0.4, -0.2) is 19.2 Å². The van der Waals surface area contributed by atoms with Gasteiger partial charge in [-0.05, 0) is 43.0 Å². The van der Waals surface area contributed by atoms with Gasteiger partial charge < -0.3 is 10.1 Å². The molecular weight excluding hydrogens is 210 g/mol. The highest BCUT2D eigenvalue weighted by atomic mass is 16.5. The highest BCUT2D eigenvalue weighted by Gasteiger charge is 2.29. The zero-order chi connectivity index (χ0) is 12.5. The molecule has 0 spiro atoms. The fourth-order valence-corrected chi connectivity index (χ4v) is 2.12. The quantitative estimate of drug-likeness (QED) is 0.866. The lowest BCUT2D eigenvalue weighted by atomic mass is 9.87. The van der Waals surface area contributed by atoms with Gasteiger partial charge >= 0.3 is 0 Å². The lowest BCUT2D eigenvalue weighted by molar-refractivity contribution is 0.0885. The largest absolute Gasteiger partial charge is 0.490 e. The van der Waals surface area contributed by atoms with Gasteiger partial charge in [0, 0.05) is 6.04 Å². The molecule has 0 bridgehead atoms. The predicted molar refractivity (Wildman–Crippen MR) is 71.6 cm³/mol. The van der Waals surface area contributed by atoms with Crippen molar-refractivity contribution in [1.29, 1.82) is 0 Å². The number of benzene rings is 1. The van der Waals surface area contributed by atoms with Crippen molar-refractivity contribution in [2.75, 3.05) is 7.05 Å². The monoisotopic (exact) mass is 233 g/mol. The van der Waals surface area contributed by atoms with E-state index < -0.39 is 0 Å². The maximum Gasteiger partial charge on any atom is 0.119 e. The number of hydrogen-bond acceptors (Lipinski definition) is 2. The third kappa shape index (κ3) is 3.01. The molecule has 0 radical (unpaired) electrons. The van der Waals surface area contributed by atoms with Crippen LogP contribution < -0.4 is 10.1 Å². The molecule has 1 aliphatic rings. The normalized spacial score (nSPS) is 24.2. The van der Waals surface area contributed by atoms with E-state index >= 15 is 0 Å². The maximum absolute atomic E-state index is 5.91. The molecular formula is C15H23NO. The average molecular weight is 233 g/mol. The number of ether oxygens (including phenoxy) is 1. The number of hydrogen-bond donors (Lipinski definition) is 1. The van der Waals surface area contributed by atoms with Gasteiger partial charge in [-0.1, -0.05) is 32.9 Å². The Morgan fingerprint density at radius 2 is 1.71 bits per heavy atom. The van der Waals surface area contributed by atoms with E-state index in [2.05, 4.69) is 50.4 Å². The SMILES string of the molecule is CNC1CC(Oc2ccc(C(C)(C)C)cc2)C1. The van der Waals surface area contributed by atoms with Gasteiger partial charge in [-0.15, -0.1) is 0 Å². The maximum atomic E-state index is 5.91. The minimum Gasteiger partial charge on any atom is -0.490 e. The molecule has 94 valence electrons. The molecule has 1 aromatic rings. The van der Waals surface area contributed by atoms with Crippen molar-refractivity contribution in [3.63, 3.8) is 0 Å². The molecule has 1 saturated carbocycles. The van der Waals surface area contributed by atoms with Gasteiger partial charge in [0.2, 0.25) is 0 Å². The van der Waals surface area contributed by atoms with Crippen molar-refractivity contribution >= 4 is 0 Å². The van der Waals surface area contributed by atoms with Gasteiger partial charge in [0.25, 0.3) is 0 Å². The first kappa shape index (κ1) is 12.4. The van der Waals surface area contributed by atoms with Crippen LogP contribution >= 0.6 is 0 Å². The molecule has 1 N–H and O–H groups in total. The number of nitrogens with one attached hydrogen (secondary N) is 1. The van der Waals surface area contributed by atoms with Gasteiger partial charge in [0.05, 0.1) is 0 Å². The Labute approximate surface area is 104 Å². The van der Waals surface area contributed by atoms with Crippen LogP contribution in [-0.2, 0) is 5.41 Å². The van der Waals surface area contributed by atoms with Gasteiger partial charge in [-0.3, -0.25) is 0 Å². The minimum absolute atomic E-state index is 0.215. The minimum atomic E-state index is 0.215. The van der Waals surface area contributed by atoms with E-state index in [1.165, 1.54) is 5.56 Å². The van der Waals surface area contributed by atoms with Crippen molar-refractivity contribution < 1.29 is 4.74 Å². The Bertz CT molecular complexity index is 358. The summed E-state index contributed by atoms with van der Waals surface area (Å²) < 4.78 is 5.91. The second-order valence-electron chi connectivity index (χ2n) is 5.97. The standard InChI is InChI=1S/C15H23NO/c1-15(2,3)11-5-7-13(8-6-11)17-14-9-12(10-14)16-4/h5-8,12,14,16H,9-10H2,1-4H3. The first-order valence-electron chi connectivity index (χ1n) is 6.43. The van der Waals surface area contributed by atoms with Crippen molar-refractivity contribution in [3.8, 4) is 5.75 Å². The molecule has 2 rings (SSSR count). The van der Waals surface area contributed by atoms with E-state index in [0.717, 1.165) is 18.6 Å². The van der Waals surface area contributed by atoms with Crippen LogP contribution in [0.25, 0.3) is 0 Å². The average Bonchev–Trinajstić information content (AvgIpc) is 2.22. The van der Waals surface area contributed by atoms with Crippen LogP contribution in [0.5, 0.6) is 5.75 Å². The van der Waals surface area contributed by atoms with Gasteiger partial charge in [-0.2, -0.15) is 0 Å². The molecule has 0 amide bonds. The fraction of sp³-hybridized carbons (Fsp3) is 0.600. The van der Waals surface area contributed by atoms with E-state index in [4.69, 9.17) is 4.74 Å². The Hall–Kier alpha value is -1.02. The van der Waals surface area contributed by atoms with E-state index in [1.807, 2.05) is 7.05 Å². The molecule has 1 aromatic carbocycles. The lowest BCUT2D eigenvalue weighted by Crippen LogP contribution is -2.45. The van der Waals surface area contributed by atoms with Crippen LogP contribution in [0, 0.1) is 0 Å². The van der Waals surface area contributed by atoms with Crippen molar-refractivity contribution in [2.24, 2.45) is 0 Å². The van der Waals surface area contributed by atoms with Crippen LogP contribution in [0.3, 0.4) is 0 Å². The highest BCUT2D eigenvalue weighted by Crippen LogP contribution is 2.28. The van der Waals surface area contributed by atoms with Gasteiger partial charge in [0.1, 0.15) is 11.9 Å². The molecule has 2 nitrogen and oxygen atoms in total. The summed E-state index contributed by atoms with van der Waals surface area (Å²) in [6, 6.07) is 9.17.